The molecule has 0 aliphatic heterocycles. The first kappa shape index (κ1) is 15.0. The predicted octanol–water partition coefficient (Wildman–Crippen LogP) is 1.86. The number of para-hydroxylation sites is 1. The van der Waals surface area contributed by atoms with Crippen LogP contribution in [0.15, 0.2) is 35.5 Å². The summed E-state index contributed by atoms with van der Waals surface area (Å²) >= 11 is 0. The van der Waals surface area contributed by atoms with Crippen LogP contribution < -0.4 is 4.72 Å². The van der Waals surface area contributed by atoms with E-state index in [9.17, 15) is 13.2 Å². The number of benzene rings is 1. The van der Waals surface area contributed by atoms with Gasteiger partial charge in [-0.2, -0.15) is 13.5 Å². The summed E-state index contributed by atoms with van der Waals surface area (Å²) in [7, 11) is -4.04. The highest BCUT2D eigenvalue weighted by Crippen LogP contribution is 2.22. The fraction of sp³-hybridized carbons (Fsp3) is 0.231. The first-order valence-electron chi connectivity index (χ1n) is 6.33. The van der Waals surface area contributed by atoms with Gasteiger partial charge in [-0.25, -0.2) is 4.79 Å². The number of carboxylic acids is 1. The van der Waals surface area contributed by atoms with Crippen LogP contribution in [0.25, 0.3) is 0 Å². The number of hydrogen-bond donors (Lipinski definition) is 3. The summed E-state index contributed by atoms with van der Waals surface area (Å²) in [6, 6.07) is 7.00. The number of aromatic amines is 1. The van der Waals surface area contributed by atoms with E-state index in [0.717, 1.165) is 18.2 Å². The third-order valence-electron chi connectivity index (χ3n) is 2.88. The zero-order chi connectivity index (χ0) is 15.5. The summed E-state index contributed by atoms with van der Waals surface area (Å²) in [5.41, 5.74) is 0.890. The van der Waals surface area contributed by atoms with Crippen LogP contribution in [0, 0.1) is 0 Å². The number of H-pyrrole nitrogens is 1. The third-order valence-corrected chi connectivity index (χ3v) is 4.22. The number of rotatable bonds is 6. The molecular formula is C13H15N3O4S. The maximum Gasteiger partial charge on any atom is 0.340 e. The second-order valence-corrected chi connectivity index (χ2v) is 6.05. The van der Waals surface area contributed by atoms with Crippen molar-refractivity contribution in [1.82, 2.24) is 10.2 Å². The number of aryl methyl sites for hydroxylation is 1. The normalized spacial score (nSPS) is 11.3. The van der Waals surface area contributed by atoms with E-state index < -0.39 is 26.6 Å². The Balaban J connectivity index is 2.38. The molecular weight excluding hydrogens is 294 g/mol. The summed E-state index contributed by atoms with van der Waals surface area (Å²) in [5, 5.41) is 14.2. The number of nitrogens with one attached hydrogen (secondary N) is 2. The summed E-state index contributed by atoms with van der Waals surface area (Å²) in [6.45, 7) is 1.99. The molecule has 0 saturated heterocycles. The summed E-state index contributed by atoms with van der Waals surface area (Å²) in [5.74, 6) is -1.36. The third kappa shape index (κ3) is 3.22. The highest BCUT2D eigenvalue weighted by molar-refractivity contribution is 7.92. The average Bonchev–Trinajstić information content (AvgIpc) is 2.91. The molecule has 2 rings (SSSR count). The Morgan fingerprint density at radius 1 is 1.38 bits per heavy atom. The quantitative estimate of drug-likeness (QED) is 0.754. The number of carboxylic acid groups (broad SMARTS) is 1. The highest BCUT2D eigenvalue weighted by atomic mass is 32.2. The Labute approximate surface area is 122 Å². The van der Waals surface area contributed by atoms with Gasteiger partial charge in [-0.1, -0.05) is 31.5 Å². The van der Waals surface area contributed by atoms with E-state index >= 15 is 0 Å². The molecule has 21 heavy (non-hydrogen) atoms. The standard InChI is InChI=1S/C13H15N3O4S/c1-2-5-9-6-3-4-7-11(9)16-21(19,20)12-10(13(17)18)8-14-15-12/h3-4,6-8,16H,2,5H2,1H3,(H,14,15)(H,17,18). The zero-order valence-corrected chi connectivity index (χ0v) is 12.1. The first-order chi connectivity index (χ1) is 9.95. The van der Waals surface area contributed by atoms with Crippen molar-refractivity contribution in [2.24, 2.45) is 0 Å². The lowest BCUT2D eigenvalue weighted by Gasteiger charge is -2.11. The number of anilines is 1. The Bertz CT molecular complexity index is 752. The van der Waals surface area contributed by atoms with Crippen molar-refractivity contribution in [3.8, 4) is 0 Å². The van der Waals surface area contributed by atoms with Crippen LogP contribution in [0.2, 0.25) is 0 Å². The van der Waals surface area contributed by atoms with E-state index in [1.165, 1.54) is 0 Å². The van der Waals surface area contributed by atoms with Crippen molar-refractivity contribution in [2.75, 3.05) is 4.72 Å². The molecule has 0 bridgehead atoms. The fourth-order valence-electron chi connectivity index (χ4n) is 1.93. The number of aromatic carboxylic acids is 1. The molecule has 0 fully saturated rings. The Morgan fingerprint density at radius 2 is 2.10 bits per heavy atom. The maximum absolute atomic E-state index is 12.3. The first-order valence-corrected chi connectivity index (χ1v) is 7.81. The van der Waals surface area contributed by atoms with Gasteiger partial charge in [0.25, 0.3) is 10.0 Å². The molecule has 3 N–H and O–H groups in total. The van der Waals surface area contributed by atoms with Crippen molar-refractivity contribution in [1.29, 1.82) is 0 Å². The van der Waals surface area contributed by atoms with E-state index in [1.807, 2.05) is 19.1 Å². The van der Waals surface area contributed by atoms with E-state index in [1.54, 1.807) is 12.1 Å². The van der Waals surface area contributed by atoms with Crippen LogP contribution in [0.4, 0.5) is 5.69 Å². The van der Waals surface area contributed by atoms with Crippen molar-refractivity contribution in [3.05, 3.63) is 41.6 Å². The van der Waals surface area contributed by atoms with Crippen LogP contribution in [-0.4, -0.2) is 29.7 Å². The fourth-order valence-corrected chi connectivity index (χ4v) is 3.13. The molecule has 1 aromatic carbocycles. The Kier molecular flexibility index (Phi) is 4.27. The molecule has 1 heterocycles. The molecule has 0 radical (unpaired) electrons. The van der Waals surface area contributed by atoms with Crippen molar-refractivity contribution < 1.29 is 18.3 Å². The Hall–Kier alpha value is -2.35. The number of hydrogen-bond acceptors (Lipinski definition) is 4. The molecule has 1 aromatic heterocycles. The summed E-state index contributed by atoms with van der Waals surface area (Å²) in [6.07, 6.45) is 2.55. The lowest BCUT2D eigenvalue weighted by molar-refractivity contribution is 0.0692. The van der Waals surface area contributed by atoms with Crippen molar-refractivity contribution in [3.63, 3.8) is 0 Å². The van der Waals surface area contributed by atoms with Gasteiger partial charge in [-0.05, 0) is 18.1 Å². The molecule has 112 valence electrons. The highest BCUT2D eigenvalue weighted by Gasteiger charge is 2.25. The monoisotopic (exact) mass is 309 g/mol. The van der Waals surface area contributed by atoms with Crippen LogP contribution >= 0.6 is 0 Å². The number of nitrogens with zero attached hydrogens (tertiary/aromatic N) is 1. The van der Waals surface area contributed by atoms with Crippen LogP contribution in [-0.2, 0) is 16.4 Å². The molecule has 8 heteroatoms. The molecule has 0 aliphatic rings. The number of sulfonamides is 1. The van der Waals surface area contributed by atoms with Gasteiger partial charge in [0, 0.05) is 0 Å². The van der Waals surface area contributed by atoms with E-state index in [-0.39, 0.29) is 0 Å². The molecule has 0 spiro atoms. The van der Waals surface area contributed by atoms with Gasteiger partial charge in [-0.3, -0.25) is 9.82 Å². The van der Waals surface area contributed by atoms with Gasteiger partial charge in [-0.15, -0.1) is 0 Å². The minimum atomic E-state index is -4.04. The smallest absolute Gasteiger partial charge is 0.340 e. The second kappa shape index (κ2) is 5.96. The van der Waals surface area contributed by atoms with Crippen LogP contribution in [0.1, 0.15) is 29.3 Å². The lowest BCUT2D eigenvalue weighted by atomic mass is 10.1. The van der Waals surface area contributed by atoms with E-state index in [2.05, 4.69) is 14.9 Å². The molecule has 0 unspecified atom stereocenters. The molecule has 0 saturated carbocycles. The second-order valence-electron chi connectivity index (χ2n) is 4.43. The molecule has 0 aliphatic carbocycles. The van der Waals surface area contributed by atoms with Gasteiger partial charge in [0.15, 0.2) is 5.03 Å². The van der Waals surface area contributed by atoms with Crippen LogP contribution in [0.5, 0.6) is 0 Å². The molecule has 7 nitrogen and oxygen atoms in total. The lowest BCUT2D eigenvalue weighted by Crippen LogP contribution is -2.17. The minimum absolute atomic E-state index is 0.393. The van der Waals surface area contributed by atoms with Crippen molar-refractivity contribution >= 4 is 21.7 Å². The van der Waals surface area contributed by atoms with Gasteiger partial charge in [0.1, 0.15) is 5.56 Å². The van der Waals surface area contributed by atoms with E-state index in [0.29, 0.717) is 12.1 Å². The minimum Gasteiger partial charge on any atom is -0.478 e. The summed E-state index contributed by atoms with van der Waals surface area (Å²) in [4.78, 5) is 11.0. The predicted molar refractivity (Wildman–Crippen MR) is 76.8 cm³/mol. The maximum atomic E-state index is 12.3. The average molecular weight is 309 g/mol. The largest absolute Gasteiger partial charge is 0.478 e. The van der Waals surface area contributed by atoms with E-state index in [4.69, 9.17) is 5.11 Å². The van der Waals surface area contributed by atoms with Crippen molar-refractivity contribution in [2.45, 2.75) is 24.8 Å². The zero-order valence-electron chi connectivity index (χ0n) is 11.3. The SMILES string of the molecule is CCCc1ccccc1NS(=O)(=O)c1[nH]ncc1C(=O)O. The van der Waals surface area contributed by atoms with Gasteiger partial charge in [0.2, 0.25) is 0 Å². The van der Waals surface area contributed by atoms with Gasteiger partial charge in [0.05, 0.1) is 11.9 Å². The van der Waals surface area contributed by atoms with Gasteiger partial charge < -0.3 is 5.11 Å². The molecule has 2 aromatic rings. The van der Waals surface area contributed by atoms with Crippen LogP contribution in [0.3, 0.4) is 0 Å². The number of carbonyl (C=O) groups is 1. The Morgan fingerprint density at radius 3 is 2.76 bits per heavy atom. The molecule has 0 atom stereocenters. The van der Waals surface area contributed by atoms with Gasteiger partial charge >= 0.3 is 5.97 Å². The number of aromatic nitrogens is 2. The topological polar surface area (TPSA) is 112 Å². The summed E-state index contributed by atoms with van der Waals surface area (Å²) < 4.78 is 27.0. The molecule has 0 amide bonds.